The second-order valence-electron chi connectivity index (χ2n) is 9.88. The number of unbranched alkanes of at least 4 members (excludes halogenated alkanes) is 5. The Balaban J connectivity index is 1.50. The van der Waals surface area contributed by atoms with Crippen LogP contribution in [0.4, 0.5) is 0 Å². The number of carbonyl (C=O) groups is 2. The van der Waals surface area contributed by atoms with Gasteiger partial charge in [-0.3, -0.25) is 4.79 Å². The smallest absolute Gasteiger partial charge is 0.344 e. The van der Waals surface area contributed by atoms with Gasteiger partial charge < -0.3 is 15.2 Å². The molecule has 1 aromatic rings. The fraction of sp³-hybridized carbons (Fsp3) is 0.704. The average Bonchev–Trinajstić information content (AvgIpc) is 3.14. The first kappa shape index (κ1) is 24.6. The molecule has 1 fully saturated rings. The average molecular weight is 444 g/mol. The van der Waals surface area contributed by atoms with Crippen molar-refractivity contribution in [3.8, 4) is 5.75 Å². The van der Waals surface area contributed by atoms with E-state index in [9.17, 15) is 9.59 Å². The molecule has 32 heavy (non-hydrogen) atoms. The summed E-state index contributed by atoms with van der Waals surface area (Å²) in [7, 11) is 0. The zero-order valence-electron chi connectivity index (χ0n) is 19.9. The lowest BCUT2D eigenvalue weighted by atomic mass is 9.73. The van der Waals surface area contributed by atoms with Gasteiger partial charge >= 0.3 is 5.97 Å². The van der Waals surface area contributed by atoms with Gasteiger partial charge in [-0.15, -0.1) is 0 Å². The molecule has 2 aliphatic carbocycles. The summed E-state index contributed by atoms with van der Waals surface area (Å²) in [6.45, 7) is 3.79. The Morgan fingerprint density at radius 3 is 2.66 bits per heavy atom. The van der Waals surface area contributed by atoms with Crippen molar-refractivity contribution in [3.05, 3.63) is 29.3 Å². The first-order chi connectivity index (χ1) is 15.5. The number of hydrogen-bond donors (Lipinski definition) is 1. The van der Waals surface area contributed by atoms with Gasteiger partial charge in [0.2, 0.25) is 5.91 Å². The van der Waals surface area contributed by atoms with E-state index in [1.807, 2.05) is 12.1 Å². The molecule has 0 heterocycles. The number of amides is 1. The van der Waals surface area contributed by atoms with E-state index in [1.54, 1.807) is 6.92 Å². The van der Waals surface area contributed by atoms with Crippen LogP contribution in [0.25, 0.3) is 0 Å². The Labute approximate surface area is 193 Å². The van der Waals surface area contributed by atoms with Crippen LogP contribution in [0.5, 0.6) is 5.75 Å². The monoisotopic (exact) mass is 443 g/mol. The quantitative estimate of drug-likeness (QED) is 0.329. The van der Waals surface area contributed by atoms with Gasteiger partial charge in [0.05, 0.1) is 6.42 Å². The minimum atomic E-state index is -0.531. The van der Waals surface area contributed by atoms with Crippen molar-refractivity contribution < 1.29 is 19.1 Å². The van der Waals surface area contributed by atoms with E-state index in [4.69, 9.17) is 15.2 Å². The highest BCUT2D eigenvalue weighted by Crippen LogP contribution is 2.48. The molecular weight excluding hydrogens is 402 g/mol. The maximum absolute atomic E-state index is 12.1. The van der Waals surface area contributed by atoms with Crippen molar-refractivity contribution in [2.24, 2.45) is 23.5 Å². The fourth-order valence-corrected chi connectivity index (χ4v) is 5.78. The molecule has 1 amide bonds. The molecule has 3 unspecified atom stereocenters. The van der Waals surface area contributed by atoms with Gasteiger partial charge in [0.1, 0.15) is 11.9 Å². The van der Waals surface area contributed by atoms with Gasteiger partial charge in [0.15, 0.2) is 6.61 Å². The SMILES string of the molecule is CCCCCCCC[C@H]1CCC2Cc3c(cccc3OCC(=O)OC(C)CC(N)=O)CC21. The van der Waals surface area contributed by atoms with Crippen molar-refractivity contribution in [1.82, 2.24) is 0 Å². The van der Waals surface area contributed by atoms with E-state index in [1.165, 1.54) is 68.9 Å². The van der Waals surface area contributed by atoms with Gasteiger partial charge in [-0.25, -0.2) is 4.79 Å². The van der Waals surface area contributed by atoms with Gasteiger partial charge in [-0.1, -0.05) is 64.0 Å². The zero-order valence-corrected chi connectivity index (χ0v) is 19.9. The first-order valence-electron chi connectivity index (χ1n) is 12.7. The van der Waals surface area contributed by atoms with Crippen molar-refractivity contribution in [2.45, 2.75) is 97.0 Å². The number of esters is 1. The number of benzene rings is 1. The predicted molar refractivity (Wildman–Crippen MR) is 126 cm³/mol. The molecule has 0 aliphatic heterocycles. The van der Waals surface area contributed by atoms with Crippen molar-refractivity contribution >= 4 is 11.9 Å². The minimum absolute atomic E-state index is 0.0233. The van der Waals surface area contributed by atoms with Crippen LogP contribution in [0.15, 0.2) is 18.2 Å². The maximum Gasteiger partial charge on any atom is 0.344 e. The molecule has 0 spiro atoms. The van der Waals surface area contributed by atoms with E-state index in [0.717, 1.165) is 36.3 Å². The van der Waals surface area contributed by atoms with Crippen LogP contribution in [0.2, 0.25) is 0 Å². The Morgan fingerprint density at radius 2 is 1.88 bits per heavy atom. The summed E-state index contributed by atoms with van der Waals surface area (Å²) >= 11 is 0. The predicted octanol–water partition coefficient (Wildman–Crippen LogP) is 5.36. The molecule has 5 nitrogen and oxygen atoms in total. The van der Waals surface area contributed by atoms with Gasteiger partial charge in [0, 0.05) is 0 Å². The molecule has 5 heteroatoms. The van der Waals surface area contributed by atoms with Crippen molar-refractivity contribution in [1.29, 1.82) is 0 Å². The van der Waals surface area contributed by atoms with Crippen molar-refractivity contribution in [2.75, 3.05) is 6.61 Å². The second-order valence-corrected chi connectivity index (χ2v) is 9.88. The van der Waals surface area contributed by atoms with Crippen molar-refractivity contribution in [3.63, 3.8) is 0 Å². The standard InChI is InChI=1S/C27H41NO4/c1-3-4-5-6-7-8-10-20-13-14-22-17-24-21(16-23(20)22)11-9-12-25(24)31-18-27(30)32-19(2)15-26(28)29/h9,11-12,19-20,22-23H,3-8,10,13-18H2,1-2H3,(H2,28,29)/t19?,20-,22?,23?/m0/s1. The Morgan fingerprint density at radius 1 is 1.09 bits per heavy atom. The summed E-state index contributed by atoms with van der Waals surface area (Å²) < 4.78 is 11.1. The summed E-state index contributed by atoms with van der Waals surface area (Å²) in [5.41, 5.74) is 7.81. The van der Waals surface area contributed by atoms with Gasteiger partial charge in [0.25, 0.3) is 0 Å². The van der Waals surface area contributed by atoms with E-state index in [-0.39, 0.29) is 13.0 Å². The number of hydrogen-bond acceptors (Lipinski definition) is 4. The van der Waals surface area contributed by atoms with E-state index < -0.39 is 18.0 Å². The topological polar surface area (TPSA) is 78.6 Å². The third kappa shape index (κ3) is 6.98. The van der Waals surface area contributed by atoms with E-state index in [0.29, 0.717) is 0 Å². The van der Waals surface area contributed by atoms with Gasteiger partial charge in [-0.2, -0.15) is 0 Å². The lowest BCUT2D eigenvalue weighted by Crippen LogP contribution is -2.27. The van der Waals surface area contributed by atoms with Crippen LogP contribution in [-0.2, 0) is 27.2 Å². The Hall–Kier alpha value is -2.04. The minimum Gasteiger partial charge on any atom is -0.482 e. The number of nitrogens with two attached hydrogens (primary N) is 1. The van der Waals surface area contributed by atoms with Crippen LogP contribution in [-0.4, -0.2) is 24.6 Å². The molecule has 0 saturated heterocycles. The highest BCUT2D eigenvalue weighted by atomic mass is 16.6. The molecule has 4 atom stereocenters. The Bertz CT molecular complexity index is 762. The largest absolute Gasteiger partial charge is 0.482 e. The fourth-order valence-electron chi connectivity index (χ4n) is 5.78. The Kier molecular flexibility index (Phi) is 9.43. The molecule has 1 saturated carbocycles. The lowest BCUT2D eigenvalue weighted by Gasteiger charge is -2.32. The number of primary amides is 1. The number of rotatable bonds is 13. The number of fused-ring (bicyclic) bond motifs is 2. The molecule has 2 aliphatic rings. The maximum atomic E-state index is 12.1. The summed E-state index contributed by atoms with van der Waals surface area (Å²) in [5.74, 6) is 2.26. The highest BCUT2D eigenvalue weighted by molar-refractivity contribution is 5.75. The summed E-state index contributed by atoms with van der Waals surface area (Å²) in [4.78, 5) is 23.0. The summed E-state index contributed by atoms with van der Waals surface area (Å²) in [6, 6.07) is 6.22. The molecule has 3 rings (SSSR count). The van der Waals surface area contributed by atoms with Crippen LogP contribution in [0.1, 0.15) is 89.2 Å². The van der Waals surface area contributed by atoms with Crippen LogP contribution < -0.4 is 10.5 Å². The molecular formula is C27H41NO4. The summed E-state index contributed by atoms with van der Waals surface area (Å²) in [6.07, 6.45) is 14.0. The van der Waals surface area contributed by atoms with E-state index >= 15 is 0 Å². The third-order valence-corrected chi connectivity index (χ3v) is 7.37. The molecule has 0 aromatic heterocycles. The third-order valence-electron chi connectivity index (χ3n) is 7.37. The van der Waals surface area contributed by atoms with Crippen LogP contribution >= 0.6 is 0 Å². The van der Waals surface area contributed by atoms with E-state index in [2.05, 4.69) is 13.0 Å². The molecule has 0 bridgehead atoms. The van der Waals surface area contributed by atoms with Crippen LogP contribution in [0, 0.1) is 17.8 Å². The number of carbonyl (C=O) groups excluding carboxylic acids is 2. The number of ether oxygens (including phenoxy) is 2. The van der Waals surface area contributed by atoms with Crippen LogP contribution in [0.3, 0.4) is 0 Å². The first-order valence-corrected chi connectivity index (χ1v) is 12.7. The zero-order chi connectivity index (χ0) is 22.9. The normalized spacial score (nSPS) is 22.6. The highest BCUT2D eigenvalue weighted by Gasteiger charge is 2.39. The lowest BCUT2D eigenvalue weighted by molar-refractivity contribution is -0.151. The summed E-state index contributed by atoms with van der Waals surface area (Å²) in [5, 5.41) is 0. The molecule has 1 aromatic carbocycles. The second kappa shape index (κ2) is 12.3. The molecule has 2 N–H and O–H groups in total. The molecule has 0 radical (unpaired) electrons. The molecule has 178 valence electrons. The van der Waals surface area contributed by atoms with Gasteiger partial charge in [-0.05, 0) is 67.6 Å².